The second-order valence-electron chi connectivity index (χ2n) is 6.18. The summed E-state index contributed by atoms with van der Waals surface area (Å²) in [6, 6.07) is 5.68. The lowest BCUT2D eigenvalue weighted by Crippen LogP contribution is -2.35. The Balaban J connectivity index is 2.04. The number of hydrogen-bond acceptors (Lipinski definition) is 3. The molecule has 1 fully saturated rings. The van der Waals surface area contributed by atoms with Crippen LogP contribution >= 0.6 is 0 Å². The molecule has 3 N–H and O–H groups in total. The van der Waals surface area contributed by atoms with Crippen LogP contribution in [-0.2, 0) is 0 Å². The molecule has 1 amide bonds. The van der Waals surface area contributed by atoms with Gasteiger partial charge in [-0.05, 0) is 43.5 Å². The number of amides is 1. The first-order valence-corrected chi connectivity index (χ1v) is 7.78. The minimum Gasteiger partial charge on any atom is -0.396 e. The van der Waals surface area contributed by atoms with Crippen LogP contribution < -0.4 is 10.6 Å². The second-order valence-corrected chi connectivity index (χ2v) is 6.18. The summed E-state index contributed by atoms with van der Waals surface area (Å²) in [7, 11) is 1.64. The monoisotopic (exact) mass is 290 g/mol. The lowest BCUT2D eigenvalue weighted by Gasteiger charge is -2.36. The highest BCUT2D eigenvalue weighted by molar-refractivity contribution is 5.94. The molecular formula is C17H26N2O2. The molecule has 0 bridgehead atoms. The number of aryl methyl sites for hydroxylation is 1. The molecule has 0 heterocycles. The highest BCUT2D eigenvalue weighted by Crippen LogP contribution is 2.36. The molecule has 0 atom stereocenters. The highest BCUT2D eigenvalue weighted by Gasteiger charge is 2.31. The van der Waals surface area contributed by atoms with E-state index in [0.717, 1.165) is 30.6 Å². The fourth-order valence-corrected chi connectivity index (χ4v) is 3.12. The summed E-state index contributed by atoms with van der Waals surface area (Å²) in [5.41, 5.74) is 2.79. The Morgan fingerprint density at radius 2 is 2.00 bits per heavy atom. The molecule has 1 aliphatic rings. The van der Waals surface area contributed by atoms with Crippen LogP contribution in [0, 0.1) is 12.3 Å². The van der Waals surface area contributed by atoms with Crippen molar-refractivity contribution in [1.29, 1.82) is 0 Å². The van der Waals surface area contributed by atoms with Gasteiger partial charge >= 0.3 is 0 Å². The molecule has 0 radical (unpaired) electrons. The summed E-state index contributed by atoms with van der Waals surface area (Å²) in [6.07, 6.45) is 5.87. The molecule has 1 aromatic carbocycles. The molecule has 21 heavy (non-hydrogen) atoms. The van der Waals surface area contributed by atoms with Crippen molar-refractivity contribution < 1.29 is 9.90 Å². The maximum Gasteiger partial charge on any atom is 0.251 e. The van der Waals surface area contributed by atoms with E-state index in [1.165, 1.54) is 19.3 Å². The van der Waals surface area contributed by atoms with Crippen LogP contribution in [0.3, 0.4) is 0 Å². The zero-order chi connectivity index (χ0) is 15.3. The Hall–Kier alpha value is -1.55. The number of hydrogen-bond donors (Lipinski definition) is 3. The third-order valence-corrected chi connectivity index (χ3v) is 4.62. The Bertz CT molecular complexity index is 494. The average molecular weight is 290 g/mol. The minimum absolute atomic E-state index is 0.0180. The van der Waals surface area contributed by atoms with Crippen molar-refractivity contribution in [1.82, 2.24) is 5.32 Å². The fraction of sp³-hybridized carbons (Fsp3) is 0.588. The molecule has 116 valence electrons. The quantitative estimate of drug-likeness (QED) is 0.781. The first-order valence-electron chi connectivity index (χ1n) is 7.78. The van der Waals surface area contributed by atoms with Crippen molar-refractivity contribution >= 4 is 11.6 Å². The maximum atomic E-state index is 11.6. The Morgan fingerprint density at radius 3 is 2.57 bits per heavy atom. The van der Waals surface area contributed by atoms with Crippen molar-refractivity contribution in [2.75, 3.05) is 25.5 Å². The van der Waals surface area contributed by atoms with Gasteiger partial charge in [-0.25, -0.2) is 0 Å². The lowest BCUT2D eigenvalue weighted by atomic mass is 9.74. The van der Waals surface area contributed by atoms with Gasteiger partial charge in [0.05, 0.1) is 6.61 Å². The number of benzene rings is 1. The van der Waals surface area contributed by atoms with Crippen LogP contribution in [0.2, 0.25) is 0 Å². The number of aliphatic hydroxyl groups excluding tert-OH is 1. The van der Waals surface area contributed by atoms with E-state index in [9.17, 15) is 9.90 Å². The predicted octanol–water partition coefficient (Wildman–Crippen LogP) is 2.71. The lowest BCUT2D eigenvalue weighted by molar-refractivity contribution is 0.0944. The van der Waals surface area contributed by atoms with E-state index >= 15 is 0 Å². The summed E-state index contributed by atoms with van der Waals surface area (Å²) in [5.74, 6) is -0.0660. The van der Waals surface area contributed by atoms with Crippen LogP contribution in [0.15, 0.2) is 18.2 Å². The number of carbonyl (C=O) groups excluding carboxylic acids is 1. The molecule has 0 aliphatic heterocycles. The van der Waals surface area contributed by atoms with Gasteiger partial charge in [0.1, 0.15) is 0 Å². The molecule has 1 aromatic rings. The number of aliphatic hydroxyl groups is 1. The van der Waals surface area contributed by atoms with E-state index in [1.807, 2.05) is 25.1 Å². The van der Waals surface area contributed by atoms with Crippen molar-refractivity contribution in [3.8, 4) is 0 Å². The Morgan fingerprint density at radius 1 is 1.29 bits per heavy atom. The van der Waals surface area contributed by atoms with Gasteiger partial charge in [-0.2, -0.15) is 0 Å². The van der Waals surface area contributed by atoms with E-state index < -0.39 is 0 Å². The normalized spacial score (nSPS) is 17.3. The van der Waals surface area contributed by atoms with Crippen molar-refractivity contribution in [3.05, 3.63) is 29.3 Å². The maximum absolute atomic E-state index is 11.6. The van der Waals surface area contributed by atoms with Gasteiger partial charge in [0.15, 0.2) is 0 Å². The summed E-state index contributed by atoms with van der Waals surface area (Å²) < 4.78 is 0. The second kappa shape index (κ2) is 6.94. The van der Waals surface area contributed by atoms with E-state index in [1.54, 1.807) is 7.05 Å². The average Bonchev–Trinajstić information content (AvgIpc) is 2.53. The van der Waals surface area contributed by atoms with Gasteiger partial charge in [0, 0.05) is 30.3 Å². The number of anilines is 1. The number of rotatable bonds is 5. The molecular weight excluding hydrogens is 264 g/mol. The van der Waals surface area contributed by atoms with Crippen LogP contribution in [0.5, 0.6) is 0 Å². The fourth-order valence-electron chi connectivity index (χ4n) is 3.12. The Kier molecular flexibility index (Phi) is 5.23. The molecule has 1 aliphatic carbocycles. The summed E-state index contributed by atoms with van der Waals surface area (Å²) >= 11 is 0. The topological polar surface area (TPSA) is 61.4 Å². The van der Waals surface area contributed by atoms with Gasteiger partial charge in [-0.1, -0.05) is 19.3 Å². The smallest absolute Gasteiger partial charge is 0.251 e. The standard InChI is InChI=1S/C17H26N2O2/c1-13-10-14(16(21)18-2)6-7-15(13)19-11-17(12-20)8-4-3-5-9-17/h6-7,10,19-20H,3-5,8-9,11-12H2,1-2H3,(H,18,21). The van der Waals surface area contributed by atoms with Gasteiger partial charge in [0.2, 0.25) is 0 Å². The minimum atomic E-state index is -0.0660. The van der Waals surface area contributed by atoms with Gasteiger partial charge < -0.3 is 15.7 Å². The third kappa shape index (κ3) is 3.76. The van der Waals surface area contributed by atoms with E-state index in [0.29, 0.717) is 5.56 Å². The van der Waals surface area contributed by atoms with Crippen LogP contribution in [0.4, 0.5) is 5.69 Å². The highest BCUT2D eigenvalue weighted by atomic mass is 16.3. The first kappa shape index (κ1) is 15.8. The summed E-state index contributed by atoms with van der Waals surface area (Å²) in [4.78, 5) is 11.6. The molecule has 4 nitrogen and oxygen atoms in total. The van der Waals surface area contributed by atoms with Crippen molar-refractivity contribution in [2.24, 2.45) is 5.41 Å². The molecule has 0 unspecified atom stereocenters. The van der Waals surface area contributed by atoms with Crippen LogP contribution in [0.25, 0.3) is 0 Å². The molecule has 4 heteroatoms. The molecule has 0 aromatic heterocycles. The predicted molar refractivity (Wildman–Crippen MR) is 85.7 cm³/mol. The number of carbonyl (C=O) groups is 1. The summed E-state index contributed by atoms with van der Waals surface area (Å²) in [6.45, 7) is 3.04. The Labute approximate surface area is 126 Å². The van der Waals surface area contributed by atoms with Gasteiger partial charge in [-0.15, -0.1) is 0 Å². The van der Waals surface area contributed by atoms with Crippen LogP contribution in [0.1, 0.15) is 48.0 Å². The van der Waals surface area contributed by atoms with E-state index in [2.05, 4.69) is 10.6 Å². The molecule has 1 saturated carbocycles. The van der Waals surface area contributed by atoms with Gasteiger partial charge in [-0.3, -0.25) is 4.79 Å². The SMILES string of the molecule is CNC(=O)c1ccc(NCC2(CO)CCCCC2)c(C)c1. The van der Waals surface area contributed by atoms with Crippen molar-refractivity contribution in [2.45, 2.75) is 39.0 Å². The molecule has 0 saturated heterocycles. The summed E-state index contributed by atoms with van der Waals surface area (Å²) in [5, 5.41) is 15.8. The molecule has 2 rings (SSSR count). The zero-order valence-corrected chi connectivity index (χ0v) is 13.0. The zero-order valence-electron chi connectivity index (χ0n) is 13.0. The van der Waals surface area contributed by atoms with Crippen molar-refractivity contribution in [3.63, 3.8) is 0 Å². The van der Waals surface area contributed by atoms with Gasteiger partial charge in [0.25, 0.3) is 5.91 Å². The molecule has 0 spiro atoms. The van der Waals surface area contributed by atoms with E-state index in [4.69, 9.17) is 0 Å². The third-order valence-electron chi connectivity index (χ3n) is 4.62. The van der Waals surface area contributed by atoms with Crippen LogP contribution in [-0.4, -0.2) is 31.2 Å². The first-order chi connectivity index (χ1) is 10.1. The number of nitrogens with one attached hydrogen (secondary N) is 2. The van der Waals surface area contributed by atoms with E-state index in [-0.39, 0.29) is 17.9 Å². The largest absolute Gasteiger partial charge is 0.396 e.